The lowest BCUT2D eigenvalue weighted by Crippen LogP contribution is -2.46. The fourth-order valence-electron chi connectivity index (χ4n) is 2.23. The van der Waals surface area contributed by atoms with Crippen LogP contribution in [0.15, 0.2) is 65.8 Å². The monoisotopic (exact) mass is 370 g/mol. The van der Waals surface area contributed by atoms with Crippen LogP contribution in [0.5, 0.6) is 0 Å². The second kappa shape index (κ2) is 10.6. The van der Waals surface area contributed by atoms with Gasteiger partial charge in [-0.2, -0.15) is 0 Å². The molecule has 1 N–H and O–H groups in total. The molecule has 27 heavy (non-hydrogen) atoms. The van der Waals surface area contributed by atoms with Crippen LogP contribution in [0, 0.1) is 0 Å². The summed E-state index contributed by atoms with van der Waals surface area (Å²) in [4.78, 5) is 29.2. The van der Waals surface area contributed by atoms with Gasteiger partial charge in [0, 0.05) is 0 Å². The van der Waals surface area contributed by atoms with Crippen molar-refractivity contribution >= 4 is 17.8 Å². The van der Waals surface area contributed by atoms with Crippen LogP contribution in [-0.2, 0) is 32.3 Å². The lowest BCUT2D eigenvalue weighted by molar-refractivity contribution is -0.145. The van der Waals surface area contributed by atoms with Gasteiger partial charge >= 0.3 is 12.1 Å². The van der Waals surface area contributed by atoms with Crippen LogP contribution in [-0.4, -0.2) is 30.9 Å². The number of hydrogen-bond acceptors (Lipinski definition) is 6. The number of alkyl carbamates (subject to hydrolysis) is 1. The number of rotatable bonds is 8. The Morgan fingerprint density at radius 1 is 0.926 bits per heavy atom. The van der Waals surface area contributed by atoms with Crippen LogP contribution < -0.4 is 5.32 Å². The van der Waals surface area contributed by atoms with Crippen LogP contribution >= 0.6 is 0 Å². The summed E-state index contributed by atoms with van der Waals surface area (Å²) in [6, 6.07) is 17.3. The second-order valence-corrected chi connectivity index (χ2v) is 5.65. The van der Waals surface area contributed by atoms with E-state index in [4.69, 9.17) is 14.3 Å². The number of ether oxygens (including phenoxy) is 2. The Morgan fingerprint density at radius 3 is 1.96 bits per heavy atom. The van der Waals surface area contributed by atoms with E-state index in [0.29, 0.717) is 0 Å². The van der Waals surface area contributed by atoms with Crippen LogP contribution in [0.1, 0.15) is 18.1 Å². The zero-order valence-electron chi connectivity index (χ0n) is 15.3. The predicted octanol–water partition coefficient (Wildman–Crippen LogP) is 3.05. The Kier molecular flexibility index (Phi) is 7.84. The summed E-state index contributed by atoms with van der Waals surface area (Å²) < 4.78 is 10.4. The SMILES string of the molecule is CON=C(C)C(NC(=O)OCc1ccccc1)C(=O)OCc1ccccc1. The van der Waals surface area contributed by atoms with Gasteiger partial charge in [0.1, 0.15) is 20.3 Å². The molecule has 1 atom stereocenters. The van der Waals surface area contributed by atoms with Crippen molar-refractivity contribution in [2.45, 2.75) is 26.2 Å². The summed E-state index contributed by atoms with van der Waals surface area (Å²) in [7, 11) is 1.35. The summed E-state index contributed by atoms with van der Waals surface area (Å²) in [5.41, 5.74) is 1.91. The quantitative estimate of drug-likeness (QED) is 0.438. The van der Waals surface area contributed by atoms with Crippen molar-refractivity contribution in [1.82, 2.24) is 5.32 Å². The molecular formula is C20H22N2O5. The average molecular weight is 370 g/mol. The van der Waals surface area contributed by atoms with Gasteiger partial charge in [-0.25, -0.2) is 9.59 Å². The number of carbonyl (C=O) groups excluding carboxylic acids is 2. The second-order valence-electron chi connectivity index (χ2n) is 5.65. The van der Waals surface area contributed by atoms with Gasteiger partial charge in [0.15, 0.2) is 6.04 Å². The first kappa shape index (κ1) is 20.0. The molecule has 0 saturated heterocycles. The van der Waals surface area contributed by atoms with Gasteiger partial charge in [0.25, 0.3) is 0 Å². The Morgan fingerprint density at radius 2 is 1.44 bits per heavy atom. The smallest absolute Gasteiger partial charge is 0.408 e. The minimum atomic E-state index is -1.11. The van der Waals surface area contributed by atoms with Crippen molar-refractivity contribution in [2.75, 3.05) is 7.11 Å². The van der Waals surface area contributed by atoms with E-state index in [0.717, 1.165) is 11.1 Å². The van der Waals surface area contributed by atoms with E-state index in [1.165, 1.54) is 7.11 Å². The first-order valence-corrected chi connectivity index (χ1v) is 8.35. The van der Waals surface area contributed by atoms with Crippen molar-refractivity contribution < 1.29 is 23.9 Å². The molecule has 0 aliphatic carbocycles. The van der Waals surface area contributed by atoms with Gasteiger partial charge in [-0.3, -0.25) is 0 Å². The van der Waals surface area contributed by atoms with Gasteiger partial charge in [-0.1, -0.05) is 65.8 Å². The summed E-state index contributed by atoms with van der Waals surface area (Å²) >= 11 is 0. The number of esters is 1. The van der Waals surface area contributed by atoms with Crippen molar-refractivity contribution in [1.29, 1.82) is 0 Å². The molecule has 0 saturated carbocycles. The zero-order chi connectivity index (χ0) is 19.5. The van der Waals surface area contributed by atoms with Crippen molar-refractivity contribution in [3.05, 3.63) is 71.8 Å². The van der Waals surface area contributed by atoms with E-state index in [9.17, 15) is 9.59 Å². The number of oxime groups is 1. The van der Waals surface area contributed by atoms with Crippen LogP contribution in [0.25, 0.3) is 0 Å². The Labute approximate surface area is 157 Å². The Bertz CT molecular complexity index is 762. The minimum Gasteiger partial charge on any atom is -0.459 e. The Balaban J connectivity index is 1.95. The van der Waals surface area contributed by atoms with E-state index in [1.54, 1.807) is 6.92 Å². The number of hydrogen-bond donors (Lipinski definition) is 1. The highest BCUT2D eigenvalue weighted by Gasteiger charge is 2.27. The van der Waals surface area contributed by atoms with E-state index < -0.39 is 18.1 Å². The third-order valence-electron chi connectivity index (χ3n) is 3.59. The molecule has 0 aliphatic heterocycles. The topological polar surface area (TPSA) is 86.2 Å². The molecule has 0 aromatic heterocycles. The first-order chi connectivity index (χ1) is 13.1. The minimum absolute atomic E-state index is 0.0805. The average Bonchev–Trinajstić information content (AvgIpc) is 2.70. The summed E-state index contributed by atoms with van der Waals surface area (Å²) in [5, 5.41) is 6.18. The standard InChI is InChI=1S/C20H22N2O5/c1-15(22-25-2)18(19(23)26-13-16-9-5-3-6-10-16)21-20(24)27-14-17-11-7-4-8-12-17/h3-12,18H,13-14H2,1-2H3,(H,21,24). The molecule has 0 fully saturated rings. The molecule has 0 spiro atoms. The maximum Gasteiger partial charge on any atom is 0.408 e. The van der Waals surface area contributed by atoms with Crippen LogP contribution in [0.3, 0.4) is 0 Å². The Hall–Kier alpha value is -3.35. The molecule has 0 bridgehead atoms. The molecule has 0 radical (unpaired) electrons. The maximum atomic E-state index is 12.4. The molecule has 1 unspecified atom stereocenters. The summed E-state index contributed by atoms with van der Waals surface area (Å²) in [6.45, 7) is 1.71. The first-order valence-electron chi connectivity index (χ1n) is 8.35. The molecule has 0 aliphatic rings. The molecular weight excluding hydrogens is 348 g/mol. The lowest BCUT2D eigenvalue weighted by atomic mass is 10.2. The van der Waals surface area contributed by atoms with E-state index in [1.807, 2.05) is 60.7 Å². The molecule has 7 nitrogen and oxygen atoms in total. The van der Waals surface area contributed by atoms with Gasteiger partial charge in [0.05, 0.1) is 5.71 Å². The van der Waals surface area contributed by atoms with Gasteiger partial charge < -0.3 is 19.6 Å². The van der Waals surface area contributed by atoms with E-state index in [-0.39, 0.29) is 18.9 Å². The lowest BCUT2D eigenvalue weighted by Gasteiger charge is -2.17. The van der Waals surface area contributed by atoms with Gasteiger partial charge in [-0.15, -0.1) is 0 Å². The molecule has 0 heterocycles. The third-order valence-corrected chi connectivity index (χ3v) is 3.59. The summed E-state index contributed by atoms with van der Waals surface area (Å²) in [5.74, 6) is -0.659. The van der Waals surface area contributed by atoms with Crippen molar-refractivity contribution in [2.24, 2.45) is 5.16 Å². The van der Waals surface area contributed by atoms with Crippen LogP contribution in [0.2, 0.25) is 0 Å². The zero-order valence-corrected chi connectivity index (χ0v) is 15.3. The molecule has 2 rings (SSSR count). The molecule has 2 aromatic carbocycles. The number of amides is 1. The number of nitrogens with zero attached hydrogens (tertiary/aromatic N) is 1. The highest BCUT2D eigenvalue weighted by Crippen LogP contribution is 2.05. The summed E-state index contributed by atoms with van der Waals surface area (Å²) in [6.07, 6.45) is -0.758. The fraction of sp³-hybridized carbons (Fsp3) is 0.250. The molecule has 7 heteroatoms. The number of benzene rings is 2. The van der Waals surface area contributed by atoms with Crippen molar-refractivity contribution in [3.63, 3.8) is 0 Å². The molecule has 142 valence electrons. The van der Waals surface area contributed by atoms with E-state index >= 15 is 0 Å². The predicted molar refractivity (Wildman–Crippen MR) is 99.9 cm³/mol. The number of nitrogens with one attached hydrogen (secondary N) is 1. The van der Waals surface area contributed by atoms with Crippen LogP contribution in [0.4, 0.5) is 4.79 Å². The normalized spacial score (nSPS) is 12.0. The van der Waals surface area contributed by atoms with Gasteiger partial charge in [-0.05, 0) is 18.1 Å². The largest absolute Gasteiger partial charge is 0.459 e. The highest BCUT2D eigenvalue weighted by molar-refractivity contribution is 6.06. The van der Waals surface area contributed by atoms with Crippen molar-refractivity contribution in [3.8, 4) is 0 Å². The number of carbonyl (C=O) groups is 2. The van der Waals surface area contributed by atoms with E-state index in [2.05, 4.69) is 10.5 Å². The maximum absolute atomic E-state index is 12.4. The highest BCUT2D eigenvalue weighted by atomic mass is 16.6. The fourth-order valence-corrected chi connectivity index (χ4v) is 2.23. The third kappa shape index (κ3) is 6.81. The van der Waals surface area contributed by atoms with Gasteiger partial charge in [0.2, 0.25) is 0 Å². The molecule has 1 amide bonds. The molecule has 2 aromatic rings.